The Labute approximate surface area is 155 Å². The normalized spacial score (nSPS) is 10.6. The van der Waals surface area contributed by atoms with Crippen molar-refractivity contribution in [2.45, 2.75) is 30.7 Å². The number of rotatable bonds is 9. The molecular weight excluding hydrogens is 360 g/mol. The van der Waals surface area contributed by atoms with Crippen molar-refractivity contribution >= 4 is 23.7 Å². The molecule has 9 heteroatoms. The molecule has 2 aromatic rings. The van der Waals surface area contributed by atoms with Gasteiger partial charge in [-0.1, -0.05) is 12.1 Å². The minimum atomic E-state index is -1.20. The van der Waals surface area contributed by atoms with Crippen molar-refractivity contribution in [3.8, 4) is 5.75 Å². The van der Waals surface area contributed by atoms with Gasteiger partial charge in [-0.05, 0) is 43.3 Å². The first-order valence-corrected chi connectivity index (χ1v) is 8.90. The second-order valence-electron chi connectivity index (χ2n) is 4.99. The number of nitrogens with zero attached hydrogens (tertiary/aromatic N) is 2. The van der Waals surface area contributed by atoms with Gasteiger partial charge in [0.1, 0.15) is 5.75 Å². The lowest BCUT2D eigenvalue weighted by Crippen LogP contribution is -2.30. The van der Waals surface area contributed by atoms with E-state index in [2.05, 4.69) is 10.2 Å². The van der Waals surface area contributed by atoms with Gasteiger partial charge in [-0.15, -0.1) is 10.2 Å². The third-order valence-corrected chi connectivity index (χ3v) is 4.17. The van der Waals surface area contributed by atoms with E-state index in [9.17, 15) is 9.59 Å². The minimum absolute atomic E-state index is 0.0969. The van der Waals surface area contributed by atoms with Crippen LogP contribution < -0.4 is 4.74 Å². The van der Waals surface area contributed by atoms with Gasteiger partial charge in [0.05, 0.1) is 26.7 Å². The molecule has 0 saturated heterocycles. The summed E-state index contributed by atoms with van der Waals surface area (Å²) in [5.41, 5.74) is 0.957. The molecule has 0 N–H and O–H groups in total. The van der Waals surface area contributed by atoms with Crippen LogP contribution in [-0.4, -0.2) is 47.7 Å². The van der Waals surface area contributed by atoms with E-state index in [1.807, 2.05) is 24.3 Å². The monoisotopic (exact) mass is 380 g/mol. The lowest BCUT2D eigenvalue weighted by molar-refractivity contribution is -0.152. The second kappa shape index (κ2) is 9.81. The molecular formula is C17H20N2O6S. The zero-order valence-corrected chi connectivity index (χ0v) is 15.6. The maximum Gasteiger partial charge on any atom is 0.331 e. The first-order valence-electron chi connectivity index (χ1n) is 8.02. The van der Waals surface area contributed by atoms with Crippen LogP contribution in [0.15, 0.2) is 33.9 Å². The highest BCUT2D eigenvalue weighted by molar-refractivity contribution is 8.01. The first kappa shape index (κ1) is 19.8. The first-order chi connectivity index (χ1) is 12.6. The van der Waals surface area contributed by atoms with Gasteiger partial charge in [0.25, 0.3) is 5.22 Å². The molecule has 2 rings (SSSR count). The Bertz CT molecular complexity index is 713. The molecule has 0 bridgehead atoms. The summed E-state index contributed by atoms with van der Waals surface area (Å²) in [6.07, 6.45) is 0.418. The summed E-state index contributed by atoms with van der Waals surface area (Å²) in [7, 11) is 1.60. The quantitative estimate of drug-likeness (QED) is 0.368. The van der Waals surface area contributed by atoms with Crippen LogP contribution in [0.2, 0.25) is 0 Å². The van der Waals surface area contributed by atoms with Crippen LogP contribution in [0.25, 0.3) is 0 Å². The van der Waals surface area contributed by atoms with Gasteiger partial charge in [0, 0.05) is 0 Å². The number of methoxy groups -OCH3 is 1. The van der Waals surface area contributed by atoms with Crippen LogP contribution in [-0.2, 0) is 25.5 Å². The summed E-state index contributed by atoms with van der Waals surface area (Å²) in [6.45, 7) is 3.62. The Hall–Kier alpha value is -2.55. The number of carbonyl (C=O) groups excluding carboxylic acids is 2. The van der Waals surface area contributed by atoms with E-state index in [0.717, 1.165) is 23.1 Å². The molecule has 0 atom stereocenters. The fraction of sp³-hybridized carbons (Fsp3) is 0.412. The molecule has 1 aromatic carbocycles. The average Bonchev–Trinajstić information content (AvgIpc) is 3.07. The van der Waals surface area contributed by atoms with Crippen LogP contribution in [0.3, 0.4) is 0 Å². The molecule has 1 heterocycles. The van der Waals surface area contributed by atoms with Crippen molar-refractivity contribution in [1.82, 2.24) is 10.2 Å². The highest BCUT2D eigenvalue weighted by Gasteiger charge is 2.33. The lowest BCUT2D eigenvalue weighted by atomic mass is 10.1. The predicted octanol–water partition coefficient (Wildman–Crippen LogP) is 2.26. The summed E-state index contributed by atoms with van der Waals surface area (Å²) in [4.78, 5) is 24.0. The van der Waals surface area contributed by atoms with Crippen molar-refractivity contribution in [3.63, 3.8) is 0 Å². The molecule has 0 amide bonds. The standard InChI is InChI=1S/C17H20N2O6S/c1-4-23-15(20)14(16(21)24-5-2)26-17-19-18-13(25-17)10-11-6-8-12(22-3)9-7-11/h6-9,14H,4-5,10H2,1-3H3. The van der Waals surface area contributed by atoms with E-state index >= 15 is 0 Å². The second-order valence-corrected chi connectivity index (χ2v) is 6.04. The number of aromatic nitrogens is 2. The molecule has 1 aromatic heterocycles. The molecule has 0 aliphatic rings. The average molecular weight is 380 g/mol. The van der Waals surface area contributed by atoms with Crippen molar-refractivity contribution in [1.29, 1.82) is 0 Å². The van der Waals surface area contributed by atoms with Gasteiger partial charge < -0.3 is 18.6 Å². The SMILES string of the molecule is CCOC(=O)C(Sc1nnc(Cc2ccc(OC)cc2)o1)C(=O)OCC. The van der Waals surface area contributed by atoms with Crippen LogP contribution in [0.1, 0.15) is 25.3 Å². The lowest BCUT2D eigenvalue weighted by Gasteiger charge is -2.11. The van der Waals surface area contributed by atoms with Crippen molar-refractivity contribution < 1.29 is 28.2 Å². The van der Waals surface area contributed by atoms with Crippen molar-refractivity contribution in [2.75, 3.05) is 20.3 Å². The molecule has 140 valence electrons. The number of carbonyl (C=O) groups is 2. The van der Waals surface area contributed by atoms with Gasteiger partial charge in [0.15, 0.2) is 0 Å². The minimum Gasteiger partial charge on any atom is -0.497 e. The van der Waals surface area contributed by atoms with Crippen LogP contribution in [0.4, 0.5) is 0 Å². The number of ether oxygens (including phenoxy) is 3. The van der Waals surface area contributed by atoms with Gasteiger partial charge in [-0.2, -0.15) is 0 Å². The molecule has 0 radical (unpaired) electrons. The Morgan fingerprint density at radius 1 is 1.08 bits per heavy atom. The molecule has 8 nitrogen and oxygen atoms in total. The summed E-state index contributed by atoms with van der Waals surface area (Å²) in [5, 5.41) is 6.71. The number of hydrogen-bond donors (Lipinski definition) is 0. The van der Waals surface area contributed by atoms with Crippen molar-refractivity contribution in [2.24, 2.45) is 0 Å². The molecule has 0 aliphatic heterocycles. The highest BCUT2D eigenvalue weighted by atomic mass is 32.2. The fourth-order valence-electron chi connectivity index (χ4n) is 2.00. The third kappa shape index (κ3) is 5.48. The number of esters is 2. The Kier molecular flexibility index (Phi) is 7.46. The molecule has 0 aliphatic carbocycles. The largest absolute Gasteiger partial charge is 0.497 e. The maximum absolute atomic E-state index is 12.0. The molecule has 0 unspecified atom stereocenters. The van der Waals surface area contributed by atoms with Gasteiger partial charge in [-0.3, -0.25) is 9.59 Å². The third-order valence-electron chi connectivity index (χ3n) is 3.18. The Morgan fingerprint density at radius 3 is 2.23 bits per heavy atom. The van der Waals surface area contributed by atoms with Crippen LogP contribution in [0, 0.1) is 0 Å². The molecule has 0 fully saturated rings. The van der Waals surface area contributed by atoms with Crippen molar-refractivity contribution in [3.05, 3.63) is 35.7 Å². The maximum atomic E-state index is 12.0. The number of benzene rings is 1. The smallest absolute Gasteiger partial charge is 0.331 e. The fourth-order valence-corrected chi connectivity index (χ4v) is 2.77. The highest BCUT2D eigenvalue weighted by Crippen LogP contribution is 2.25. The molecule has 0 spiro atoms. The molecule has 26 heavy (non-hydrogen) atoms. The zero-order chi connectivity index (χ0) is 18.9. The Balaban J connectivity index is 2.05. The van der Waals surface area contributed by atoms with Gasteiger partial charge in [-0.25, -0.2) is 0 Å². The van der Waals surface area contributed by atoms with E-state index in [1.54, 1.807) is 21.0 Å². The van der Waals surface area contributed by atoms with E-state index in [4.69, 9.17) is 18.6 Å². The Morgan fingerprint density at radius 2 is 1.69 bits per heavy atom. The van der Waals surface area contributed by atoms with E-state index in [1.165, 1.54) is 0 Å². The summed E-state index contributed by atoms with van der Waals surface area (Å²) in [5.74, 6) is -0.289. The van der Waals surface area contributed by atoms with Crippen LogP contribution in [0.5, 0.6) is 5.75 Å². The van der Waals surface area contributed by atoms with E-state index in [-0.39, 0.29) is 18.4 Å². The van der Waals surface area contributed by atoms with Crippen LogP contribution >= 0.6 is 11.8 Å². The molecule has 0 saturated carbocycles. The van der Waals surface area contributed by atoms with E-state index in [0.29, 0.717) is 12.3 Å². The van der Waals surface area contributed by atoms with Gasteiger partial charge >= 0.3 is 11.9 Å². The topological polar surface area (TPSA) is 101 Å². The number of hydrogen-bond acceptors (Lipinski definition) is 9. The summed E-state index contributed by atoms with van der Waals surface area (Å²) >= 11 is 0.813. The van der Waals surface area contributed by atoms with E-state index < -0.39 is 17.2 Å². The zero-order valence-electron chi connectivity index (χ0n) is 14.8. The predicted molar refractivity (Wildman–Crippen MR) is 93.0 cm³/mol. The number of thioether (sulfide) groups is 1. The van der Waals surface area contributed by atoms with Gasteiger partial charge in [0.2, 0.25) is 11.1 Å². The summed E-state index contributed by atoms with van der Waals surface area (Å²) in [6, 6.07) is 7.43. The summed E-state index contributed by atoms with van der Waals surface area (Å²) < 4.78 is 20.4.